The fraction of sp³-hybridized carbons (Fsp3) is 0.321. The zero-order chi connectivity index (χ0) is 23.4. The molecular formula is C28H31FN2O2. The number of anilines is 1. The van der Waals surface area contributed by atoms with Crippen molar-refractivity contribution < 1.29 is 13.6 Å². The Morgan fingerprint density at radius 3 is 2.58 bits per heavy atom. The Kier molecular flexibility index (Phi) is 6.97. The molecule has 0 bridgehead atoms. The zero-order valence-electron chi connectivity index (χ0n) is 19.5. The van der Waals surface area contributed by atoms with E-state index < -0.39 is 0 Å². The third-order valence-corrected chi connectivity index (χ3v) is 6.34. The molecule has 2 aromatic carbocycles. The molecule has 1 saturated carbocycles. The van der Waals surface area contributed by atoms with E-state index in [-0.39, 0.29) is 11.7 Å². The SMILES string of the molecule is CC(=Cc1cc(C)c(-c2ccc(NCc3ccco3)cc2F)cc1C)C(=O)NC1CCCC1. The van der Waals surface area contributed by atoms with Gasteiger partial charge in [0.2, 0.25) is 5.91 Å². The van der Waals surface area contributed by atoms with Crippen molar-refractivity contribution in [2.75, 3.05) is 5.32 Å². The Labute approximate surface area is 194 Å². The van der Waals surface area contributed by atoms with Crippen LogP contribution < -0.4 is 10.6 Å². The van der Waals surface area contributed by atoms with Crippen molar-refractivity contribution >= 4 is 17.7 Å². The number of hydrogen-bond donors (Lipinski definition) is 2. The fourth-order valence-electron chi connectivity index (χ4n) is 4.40. The second-order valence-electron chi connectivity index (χ2n) is 8.93. The Hall–Kier alpha value is -3.34. The molecule has 4 rings (SSSR count). The maximum Gasteiger partial charge on any atom is 0.247 e. The summed E-state index contributed by atoms with van der Waals surface area (Å²) in [4.78, 5) is 12.6. The predicted octanol–water partition coefficient (Wildman–Crippen LogP) is 6.78. The minimum absolute atomic E-state index is 0.00767. The fourth-order valence-corrected chi connectivity index (χ4v) is 4.40. The molecule has 5 heteroatoms. The van der Waals surface area contributed by atoms with Crippen LogP contribution in [0.3, 0.4) is 0 Å². The van der Waals surface area contributed by atoms with Crippen molar-refractivity contribution in [3.05, 3.63) is 82.6 Å². The molecular weight excluding hydrogens is 415 g/mol. The van der Waals surface area contributed by atoms with E-state index in [0.717, 1.165) is 40.9 Å². The number of nitrogens with one attached hydrogen (secondary N) is 2. The van der Waals surface area contributed by atoms with Gasteiger partial charge in [0.05, 0.1) is 12.8 Å². The van der Waals surface area contributed by atoms with Crippen molar-refractivity contribution in [1.82, 2.24) is 5.32 Å². The van der Waals surface area contributed by atoms with Crippen LogP contribution in [0.25, 0.3) is 17.2 Å². The highest BCUT2D eigenvalue weighted by atomic mass is 19.1. The zero-order valence-corrected chi connectivity index (χ0v) is 19.5. The molecule has 2 N–H and O–H groups in total. The molecule has 1 aliphatic rings. The molecule has 0 aliphatic heterocycles. The number of hydrogen-bond acceptors (Lipinski definition) is 3. The summed E-state index contributed by atoms with van der Waals surface area (Å²) in [5.41, 5.74) is 5.75. The topological polar surface area (TPSA) is 54.3 Å². The summed E-state index contributed by atoms with van der Waals surface area (Å²) in [6, 6.07) is 13.2. The van der Waals surface area contributed by atoms with Gasteiger partial charge in [-0.25, -0.2) is 4.39 Å². The van der Waals surface area contributed by atoms with Gasteiger partial charge in [-0.3, -0.25) is 4.79 Å². The van der Waals surface area contributed by atoms with Crippen molar-refractivity contribution in [1.29, 1.82) is 0 Å². The van der Waals surface area contributed by atoms with Gasteiger partial charge in [-0.2, -0.15) is 0 Å². The number of halogens is 1. The van der Waals surface area contributed by atoms with E-state index in [0.29, 0.717) is 29.4 Å². The van der Waals surface area contributed by atoms with Crippen LogP contribution in [-0.4, -0.2) is 11.9 Å². The van der Waals surface area contributed by atoms with E-state index in [4.69, 9.17) is 4.42 Å². The normalized spacial score (nSPS) is 14.5. The third-order valence-electron chi connectivity index (χ3n) is 6.34. The number of rotatable bonds is 7. The molecule has 3 aromatic rings. The largest absolute Gasteiger partial charge is 0.467 e. The van der Waals surface area contributed by atoms with Crippen LogP contribution in [-0.2, 0) is 11.3 Å². The molecule has 1 amide bonds. The van der Waals surface area contributed by atoms with Gasteiger partial charge in [0, 0.05) is 22.9 Å². The van der Waals surface area contributed by atoms with Crippen LogP contribution in [0.1, 0.15) is 55.1 Å². The average Bonchev–Trinajstić information content (AvgIpc) is 3.49. The monoisotopic (exact) mass is 446 g/mol. The summed E-state index contributed by atoms with van der Waals surface area (Å²) in [7, 11) is 0. The maximum atomic E-state index is 15.0. The number of amides is 1. The summed E-state index contributed by atoms with van der Waals surface area (Å²) in [5.74, 6) is 0.505. The van der Waals surface area contributed by atoms with Crippen LogP contribution in [0.2, 0.25) is 0 Å². The Balaban J connectivity index is 1.51. The Morgan fingerprint density at radius 1 is 1.09 bits per heavy atom. The van der Waals surface area contributed by atoms with Crippen LogP contribution in [0.5, 0.6) is 0 Å². The van der Waals surface area contributed by atoms with Gasteiger partial charge in [0.25, 0.3) is 0 Å². The Morgan fingerprint density at radius 2 is 1.88 bits per heavy atom. The first-order valence-electron chi connectivity index (χ1n) is 11.6. The lowest BCUT2D eigenvalue weighted by Crippen LogP contribution is -2.33. The van der Waals surface area contributed by atoms with Crippen molar-refractivity contribution in [2.24, 2.45) is 0 Å². The van der Waals surface area contributed by atoms with Gasteiger partial charge in [-0.1, -0.05) is 25.0 Å². The average molecular weight is 447 g/mol. The summed E-state index contributed by atoms with van der Waals surface area (Å²) >= 11 is 0. The van der Waals surface area contributed by atoms with Crippen molar-refractivity contribution in [2.45, 2.75) is 59.0 Å². The van der Waals surface area contributed by atoms with Gasteiger partial charge in [0.15, 0.2) is 0 Å². The molecule has 1 aliphatic carbocycles. The van der Waals surface area contributed by atoms with Crippen LogP contribution in [0.4, 0.5) is 10.1 Å². The number of furan rings is 1. The lowest BCUT2D eigenvalue weighted by Gasteiger charge is -2.14. The smallest absolute Gasteiger partial charge is 0.247 e. The van der Waals surface area contributed by atoms with E-state index >= 15 is 0 Å². The molecule has 0 radical (unpaired) electrons. The number of aryl methyl sites for hydroxylation is 2. The van der Waals surface area contributed by atoms with Gasteiger partial charge in [0.1, 0.15) is 11.6 Å². The third kappa shape index (κ3) is 5.54. The number of carbonyl (C=O) groups excluding carboxylic acids is 1. The predicted molar refractivity (Wildman–Crippen MR) is 131 cm³/mol. The highest BCUT2D eigenvalue weighted by Crippen LogP contribution is 2.31. The van der Waals surface area contributed by atoms with Gasteiger partial charge in [-0.15, -0.1) is 0 Å². The molecule has 0 atom stereocenters. The second kappa shape index (κ2) is 10.1. The minimum atomic E-state index is -0.280. The Bertz CT molecular complexity index is 1160. The van der Waals surface area contributed by atoms with Crippen molar-refractivity contribution in [3.63, 3.8) is 0 Å². The van der Waals surface area contributed by atoms with E-state index in [1.165, 1.54) is 18.9 Å². The van der Waals surface area contributed by atoms with Gasteiger partial charge in [-0.05, 0) is 92.3 Å². The maximum absolute atomic E-state index is 15.0. The van der Waals surface area contributed by atoms with E-state index in [1.54, 1.807) is 12.3 Å². The quantitative estimate of drug-likeness (QED) is 0.394. The van der Waals surface area contributed by atoms with Crippen LogP contribution in [0.15, 0.2) is 58.7 Å². The molecule has 0 spiro atoms. The van der Waals surface area contributed by atoms with E-state index in [1.807, 2.05) is 57.2 Å². The molecule has 172 valence electrons. The first kappa shape index (κ1) is 22.8. The molecule has 1 heterocycles. The molecule has 0 saturated heterocycles. The molecule has 1 aromatic heterocycles. The van der Waals surface area contributed by atoms with Gasteiger partial charge >= 0.3 is 0 Å². The van der Waals surface area contributed by atoms with E-state index in [9.17, 15) is 9.18 Å². The molecule has 1 fully saturated rings. The first-order valence-corrected chi connectivity index (χ1v) is 11.6. The number of benzene rings is 2. The van der Waals surface area contributed by atoms with Crippen LogP contribution in [0, 0.1) is 19.7 Å². The van der Waals surface area contributed by atoms with E-state index in [2.05, 4.69) is 10.6 Å². The lowest BCUT2D eigenvalue weighted by molar-refractivity contribution is -0.118. The summed E-state index contributed by atoms with van der Waals surface area (Å²) in [6.45, 7) is 6.32. The highest BCUT2D eigenvalue weighted by molar-refractivity contribution is 5.97. The van der Waals surface area contributed by atoms with Crippen molar-refractivity contribution in [3.8, 4) is 11.1 Å². The minimum Gasteiger partial charge on any atom is -0.467 e. The molecule has 33 heavy (non-hydrogen) atoms. The highest BCUT2D eigenvalue weighted by Gasteiger charge is 2.18. The summed E-state index contributed by atoms with van der Waals surface area (Å²) in [5, 5.41) is 6.31. The first-order chi connectivity index (χ1) is 15.9. The number of carbonyl (C=O) groups is 1. The standard InChI is InChI=1S/C28H31FN2O2/c1-18-15-26(25-11-10-23(16-27(25)29)30-17-24-9-6-12-33-24)19(2)13-21(18)14-20(3)28(32)31-22-7-4-5-8-22/h6,9-16,22,30H,4-5,7-8,17H2,1-3H3,(H,31,32). The lowest BCUT2D eigenvalue weighted by atomic mass is 9.93. The summed E-state index contributed by atoms with van der Waals surface area (Å²) < 4.78 is 20.3. The van der Waals surface area contributed by atoms with Gasteiger partial charge < -0.3 is 15.1 Å². The summed E-state index contributed by atoms with van der Waals surface area (Å²) in [6.07, 6.45) is 8.04. The van der Waals surface area contributed by atoms with Crippen LogP contribution >= 0.6 is 0 Å². The molecule has 4 nitrogen and oxygen atoms in total. The molecule has 0 unspecified atom stereocenters. The second-order valence-corrected chi connectivity index (χ2v) is 8.93.